The van der Waals surface area contributed by atoms with Crippen LogP contribution in [-0.2, 0) is 33.6 Å². The van der Waals surface area contributed by atoms with Gasteiger partial charge in [0, 0.05) is 105 Å². The van der Waals surface area contributed by atoms with E-state index < -0.39 is 0 Å². The van der Waals surface area contributed by atoms with Crippen molar-refractivity contribution in [1.82, 2.24) is 42.5 Å². The Labute approximate surface area is 555 Å². The first kappa shape index (κ1) is 91.2. The lowest BCUT2D eigenvalue weighted by atomic mass is 9.85. The van der Waals surface area contributed by atoms with Crippen LogP contribution < -0.4 is 42.5 Å². The van der Waals surface area contributed by atoms with Crippen LogP contribution in [0.15, 0.2) is 0 Å². The number of nitrogens with one attached hydrogen (secondary N) is 8. The van der Waals surface area contributed by atoms with Crippen molar-refractivity contribution in [1.29, 1.82) is 0 Å². The van der Waals surface area contributed by atoms with Crippen LogP contribution in [-0.4, -0.2) is 128 Å². The predicted molar refractivity (Wildman–Crippen MR) is 383 cm³/mol. The van der Waals surface area contributed by atoms with Gasteiger partial charge in [-0.1, -0.05) is 197 Å². The van der Waals surface area contributed by atoms with Crippen molar-refractivity contribution in [3.63, 3.8) is 0 Å². The second-order valence-electron chi connectivity index (χ2n) is 29.8. The molecule has 0 aromatic heterocycles. The number of carbonyl (C=O) groups is 7. The molecule has 5 unspecified atom stereocenters. The molecule has 0 aromatic carbocycles. The summed E-state index contributed by atoms with van der Waals surface area (Å²) in [6.07, 6.45) is 22.2. The Hall–Kier alpha value is -2.95. The van der Waals surface area contributed by atoms with Gasteiger partial charge in [0.05, 0.1) is 18.1 Å². The number of amides is 2. The molecule has 0 aliphatic rings. The third-order valence-corrected chi connectivity index (χ3v) is 16.0. The maximum Gasteiger partial charge on any atom is 0.219 e. The molecule has 0 rings (SSSR count). The van der Waals surface area contributed by atoms with E-state index in [0.717, 1.165) is 142 Å². The lowest BCUT2D eigenvalue weighted by molar-refractivity contribution is -0.131. The molecule has 5 atom stereocenters. The molecule has 0 spiro atoms. The average molecular weight is 1280 g/mol. The molecule has 0 saturated carbocycles. The van der Waals surface area contributed by atoms with Gasteiger partial charge in [0.2, 0.25) is 11.8 Å². The first-order chi connectivity index (χ1) is 42.2. The number of Topliss-reactive ketones (excluding diaryl/α,β-unsaturated/α-hetero) is 5. The van der Waals surface area contributed by atoms with Gasteiger partial charge in [0.15, 0.2) is 5.78 Å². The number of hydrogen-bond donors (Lipinski definition) is 8. The summed E-state index contributed by atoms with van der Waals surface area (Å²) in [4.78, 5) is 88.0. The number of carbonyl (C=O) groups excluding carboxylic acids is 7. The highest BCUT2D eigenvalue weighted by molar-refractivity contribution is 5.92. The lowest BCUT2D eigenvalue weighted by Crippen LogP contribution is -2.42. The van der Waals surface area contributed by atoms with Gasteiger partial charge < -0.3 is 42.5 Å². The predicted octanol–water partition coefficient (Wildman–Crippen LogP) is 14.4. The van der Waals surface area contributed by atoms with Crippen LogP contribution in [0.4, 0.5) is 0 Å². The third kappa shape index (κ3) is 56.6. The summed E-state index contributed by atoms with van der Waals surface area (Å²) in [6, 6.07) is 1.77. The first-order valence-electron chi connectivity index (χ1n) is 36.9. The van der Waals surface area contributed by atoms with Crippen molar-refractivity contribution in [3.8, 4) is 0 Å². The normalized spacial score (nSPS) is 13.6. The second kappa shape index (κ2) is 57.5. The molecule has 0 aliphatic heterocycles. The molecule has 0 aromatic rings. The van der Waals surface area contributed by atoms with Crippen molar-refractivity contribution in [3.05, 3.63) is 0 Å². The van der Waals surface area contributed by atoms with Crippen LogP contribution in [0.3, 0.4) is 0 Å². The Morgan fingerprint density at radius 3 is 0.811 bits per heavy atom. The fourth-order valence-electron chi connectivity index (χ4n) is 10.9. The summed E-state index contributed by atoms with van der Waals surface area (Å²) in [6.45, 7) is 50.1. The Bertz CT molecular complexity index is 1820. The third-order valence-electron chi connectivity index (χ3n) is 16.0. The molecule has 0 saturated heterocycles. The molecule has 0 bridgehead atoms. The monoisotopic (exact) mass is 1280 g/mol. The molecule has 0 aliphatic carbocycles. The van der Waals surface area contributed by atoms with E-state index in [-0.39, 0.29) is 101 Å². The summed E-state index contributed by atoms with van der Waals surface area (Å²) in [5, 5.41) is 26.5. The van der Waals surface area contributed by atoms with Crippen LogP contribution in [0.5, 0.6) is 0 Å². The van der Waals surface area contributed by atoms with Gasteiger partial charge in [0.25, 0.3) is 0 Å². The van der Waals surface area contributed by atoms with Crippen LogP contribution in [0.1, 0.15) is 313 Å². The molecule has 0 heterocycles. The van der Waals surface area contributed by atoms with Crippen LogP contribution in [0, 0.1) is 41.4 Å². The molecule has 8 N–H and O–H groups in total. The van der Waals surface area contributed by atoms with Gasteiger partial charge >= 0.3 is 0 Å². The topological polar surface area (TPSA) is 216 Å². The zero-order chi connectivity index (χ0) is 69.1. The fraction of sp³-hybridized carbons (Fsp3) is 0.907. The minimum absolute atomic E-state index is 0.0183. The van der Waals surface area contributed by atoms with E-state index in [2.05, 4.69) is 153 Å². The van der Waals surface area contributed by atoms with Gasteiger partial charge in [0.1, 0.15) is 23.1 Å². The number of unbranched alkanes of at least 4 members (excludes halogenated alkanes) is 7. The van der Waals surface area contributed by atoms with E-state index >= 15 is 0 Å². The van der Waals surface area contributed by atoms with Gasteiger partial charge in [-0.2, -0.15) is 0 Å². The minimum atomic E-state index is -0.234. The number of rotatable bonds is 56. The maximum absolute atomic E-state index is 13.3. The van der Waals surface area contributed by atoms with Crippen LogP contribution in [0.2, 0.25) is 0 Å². The van der Waals surface area contributed by atoms with Crippen molar-refractivity contribution >= 4 is 40.7 Å². The van der Waals surface area contributed by atoms with E-state index in [9.17, 15) is 33.6 Å². The van der Waals surface area contributed by atoms with Crippen LogP contribution >= 0.6 is 0 Å². The molecule has 90 heavy (non-hydrogen) atoms. The standard InChI is InChI=1S/C30H59N3O3.C25H51N3O2.C20H40N2O2/c1-22(2)15-9-10-18-29(35)32-20-14-12-17-27(33-25(7)8)28(34)21-26(30(36)23(3)4)16-11-13-19-31-24(5)6;1-18(2)25(30)22(13-9-11-15-26-19(3)4)17-24(29)23(28-21(7)8)14-10-12-16-27-20(5)6;1-15(2)11-7-8-13-19(23)21-14-10-9-12-18(22-17(5)6)20(24)16(3)4/h22-27,31,33H,9-21H2,1-8H3,(H,32,35);18-23,26-28H,9-17H2,1-8H3;15-18,22H,7-14H2,1-6H3,(H,21,23). The highest BCUT2D eigenvalue weighted by Crippen LogP contribution is 2.23. The van der Waals surface area contributed by atoms with E-state index in [1.54, 1.807) is 0 Å². The highest BCUT2D eigenvalue weighted by Gasteiger charge is 2.30. The summed E-state index contributed by atoms with van der Waals surface area (Å²) < 4.78 is 0. The van der Waals surface area contributed by atoms with E-state index in [1.807, 2.05) is 41.5 Å². The van der Waals surface area contributed by atoms with E-state index in [0.29, 0.717) is 74.8 Å². The smallest absolute Gasteiger partial charge is 0.219 e. The molecule has 532 valence electrons. The summed E-state index contributed by atoms with van der Waals surface area (Å²) in [5.41, 5.74) is 0. The van der Waals surface area contributed by atoms with Crippen molar-refractivity contribution in [2.24, 2.45) is 41.4 Å². The van der Waals surface area contributed by atoms with E-state index in [1.165, 1.54) is 12.8 Å². The Morgan fingerprint density at radius 2 is 0.533 bits per heavy atom. The van der Waals surface area contributed by atoms with Crippen molar-refractivity contribution in [2.75, 3.05) is 32.7 Å². The zero-order valence-corrected chi connectivity index (χ0v) is 62.8. The van der Waals surface area contributed by atoms with Gasteiger partial charge in [-0.3, -0.25) is 33.6 Å². The number of hydrogen-bond acceptors (Lipinski definition) is 13. The van der Waals surface area contributed by atoms with Gasteiger partial charge in [-0.25, -0.2) is 0 Å². The quantitative estimate of drug-likeness (QED) is 0.0266. The summed E-state index contributed by atoms with van der Waals surface area (Å²) in [5.74, 6) is 2.45. The zero-order valence-electron chi connectivity index (χ0n) is 62.8. The van der Waals surface area contributed by atoms with Gasteiger partial charge in [-0.05, 0) is 121 Å². The maximum atomic E-state index is 13.3. The Morgan fingerprint density at radius 1 is 0.267 bits per heavy atom. The molecular weight excluding hydrogens is 1120 g/mol. The molecular formula is C75H150N8O7. The van der Waals surface area contributed by atoms with Crippen molar-refractivity contribution in [2.45, 2.75) is 367 Å². The molecule has 2 amide bonds. The fourth-order valence-corrected chi connectivity index (χ4v) is 10.9. The average Bonchev–Trinajstić information content (AvgIpc) is 2.39. The van der Waals surface area contributed by atoms with Crippen molar-refractivity contribution < 1.29 is 33.6 Å². The second-order valence-corrected chi connectivity index (χ2v) is 29.8. The number of ketones is 5. The van der Waals surface area contributed by atoms with E-state index in [4.69, 9.17) is 0 Å². The molecule has 0 fully saturated rings. The summed E-state index contributed by atoms with van der Waals surface area (Å²) in [7, 11) is 0. The largest absolute Gasteiger partial charge is 0.356 e. The first-order valence-corrected chi connectivity index (χ1v) is 36.9. The Balaban J connectivity index is -0.00000129. The molecule has 15 heteroatoms. The minimum Gasteiger partial charge on any atom is -0.356 e. The molecule has 15 nitrogen and oxygen atoms in total. The summed E-state index contributed by atoms with van der Waals surface area (Å²) >= 11 is 0. The Kier molecular flexibility index (Phi) is 58.3. The lowest BCUT2D eigenvalue weighted by Gasteiger charge is -2.24. The molecule has 0 radical (unpaired) electrons. The highest BCUT2D eigenvalue weighted by atomic mass is 16.2. The SMILES string of the molecule is CC(C)CCCCC(=O)NCCCCC(NC(C)C)C(=O)C(C)C.CC(C)CCCCC(=O)NCCCCC(NC(C)C)C(=O)CC(CCCCNC(C)C)C(=O)C(C)C.CC(C)NCCCCC(CC(=O)C(CCCCNC(C)C)NC(C)C)C(=O)C(C)C. The van der Waals surface area contributed by atoms with Gasteiger partial charge in [-0.15, -0.1) is 0 Å². The van der Waals surface area contributed by atoms with Crippen LogP contribution in [0.25, 0.3) is 0 Å².